The smallest absolute Gasteiger partial charge is 0.324 e. The highest BCUT2D eigenvalue weighted by Crippen LogP contribution is 2.22. The highest BCUT2D eigenvalue weighted by molar-refractivity contribution is 7.89. The lowest BCUT2D eigenvalue weighted by Crippen LogP contribution is -2.45. The molecule has 0 spiro atoms. The fraction of sp³-hybridized carbons (Fsp3) is 0.318. The maximum atomic E-state index is 13.9. The number of rotatable bonds is 9. The van der Waals surface area contributed by atoms with Crippen molar-refractivity contribution in [2.45, 2.75) is 31.2 Å². The summed E-state index contributed by atoms with van der Waals surface area (Å²) >= 11 is 0. The van der Waals surface area contributed by atoms with E-state index in [0.717, 1.165) is 17.0 Å². The van der Waals surface area contributed by atoms with Gasteiger partial charge in [-0.1, -0.05) is 38.1 Å². The Bertz CT molecular complexity index is 1110. The molecule has 2 aromatic carbocycles. The average molecular weight is 462 g/mol. The van der Waals surface area contributed by atoms with Gasteiger partial charge in [-0.3, -0.25) is 19.3 Å². The van der Waals surface area contributed by atoms with Gasteiger partial charge in [0.15, 0.2) is 0 Å². The lowest BCUT2D eigenvalue weighted by molar-refractivity contribution is -0.146. The molecule has 3 rings (SSSR count). The molecule has 8 nitrogen and oxygen atoms in total. The molecule has 0 radical (unpaired) electrons. The highest BCUT2D eigenvalue weighted by Gasteiger charge is 2.35. The Balaban J connectivity index is 1.57. The van der Waals surface area contributed by atoms with Crippen LogP contribution in [0.5, 0.6) is 0 Å². The normalized spacial score (nSPS) is 14.6. The predicted octanol–water partition coefficient (Wildman–Crippen LogP) is 2.36. The van der Waals surface area contributed by atoms with E-state index in [1.807, 2.05) is 0 Å². The predicted molar refractivity (Wildman–Crippen MR) is 113 cm³/mol. The van der Waals surface area contributed by atoms with Gasteiger partial charge in [-0.25, -0.2) is 12.8 Å². The summed E-state index contributed by atoms with van der Waals surface area (Å²) in [7, 11) is -4.29. The Hall–Kier alpha value is -3.11. The number of imide groups is 1. The van der Waals surface area contributed by atoms with Crippen molar-refractivity contribution in [3.8, 4) is 0 Å². The number of nitrogens with one attached hydrogen (secondary N) is 1. The topological polar surface area (TPSA) is 110 Å². The van der Waals surface area contributed by atoms with E-state index in [1.54, 1.807) is 38.1 Å². The Labute approximate surface area is 185 Å². The molecule has 0 bridgehead atoms. The van der Waals surface area contributed by atoms with Gasteiger partial charge in [-0.05, 0) is 36.6 Å². The number of benzene rings is 2. The number of amides is 2. The van der Waals surface area contributed by atoms with Crippen LogP contribution >= 0.6 is 0 Å². The van der Waals surface area contributed by atoms with Gasteiger partial charge in [-0.2, -0.15) is 4.72 Å². The van der Waals surface area contributed by atoms with Crippen LogP contribution in [0.15, 0.2) is 53.4 Å². The van der Waals surface area contributed by atoms with Crippen molar-refractivity contribution in [1.82, 2.24) is 9.62 Å². The van der Waals surface area contributed by atoms with Gasteiger partial charge in [0.05, 0.1) is 17.7 Å². The molecule has 10 heteroatoms. The molecule has 2 amide bonds. The van der Waals surface area contributed by atoms with Crippen LogP contribution in [0.1, 0.15) is 41.0 Å². The first-order valence-electron chi connectivity index (χ1n) is 10.0. The van der Waals surface area contributed by atoms with E-state index in [9.17, 15) is 27.2 Å². The molecular formula is C22H23FN2O6S. The second-order valence-electron chi connectivity index (χ2n) is 7.60. The Morgan fingerprint density at radius 1 is 1.03 bits per heavy atom. The number of sulfonamides is 1. The number of hydrogen-bond acceptors (Lipinski definition) is 6. The van der Waals surface area contributed by atoms with Gasteiger partial charge in [0, 0.05) is 6.54 Å². The summed E-state index contributed by atoms with van der Waals surface area (Å²) in [6.07, 6.45) is 0.183. The minimum Gasteiger partial charge on any atom is -0.464 e. The first-order valence-corrected chi connectivity index (χ1v) is 11.5. The summed E-state index contributed by atoms with van der Waals surface area (Å²) < 4.78 is 46.3. The van der Waals surface area contributed by atoms with Gasteiger partial charge < -0.3 is 4.74 Å². The molecule has 1 aliphatic heterocycles. The number of carbonyl (C=O) groups excluding carboxylic acids is 3. The first kappa shape index (κ1) is 23.6. The lowest BCUT2D eigenvalue weighted by atomic mass is 10.1. The maximum Gasteiger partial charge on any atom is 0.324 e. The third kappa shape index (κ3) is 4.86. The molecule has 0 saturated carbocycles. The van der Waals surface area contributed by atoms with E-state index in [-0.39, 0.29) is 19.6 Å². The van der Waals surface area contributed by atoms with Gasteiger partial charge in [-0.15, -0.1) is 0 Å². The number of carbonyl (C=O) groups is 3. The number of halogens is 1. The number of fused-ring (bicyclic) bond motifs is 1. The van der Waals surface area contributed by atoms with Crippen LogP contribution in [0.4, 0.5) is 4.39 Å². The van der Waals surface area contributed by atoms with Crippen molar-refractivity contribution in [2.24, 2.45) is 5.92 Å². The van der Waals surface area contributed by atoms with Crippen LogP contribution in [-0.4, -0.2) is 50.3 Å². The van der Waals surface area contributed by atoms with Gasteiger partial charge in [0.1, 0.15) is 16.8 Å². The fourth-order valence-corrected chi connectivity index (χ4v) is 4.69. The van der Waals surface area contributed by atoms with E-state index in [4.69, 9.17) is 4.74 Å². The average Bonchev–Trinajstić information content (AvgIpc) is 2.99. The molecule has 1 N–H and O–H groups in total. The van der Waals surface area contributed by atoms with E-state index in [1.165, 1.54) is 12.1 Å². The van der Waals surface area contributed by atoms with Crippen LogP contribution < -0.4 is 4.72 Å². The SMILES string of the molecule is CC(C)[C@H](NS(=O)(=O)c1ccccc1F)C(=O)OCCCN1C(=O)c2ccccc2C1=O. The largest absolute Gasteiger partial charge is 0.464 e. The highest BCUT2D eigenvalue weighted by atomic mass is 32.2. The minimum atomic E-state index is -4.29. The van der Waals surface area contributed by atoms with Crippen LogP contribution in [0.25, 0.3) is 0 Å². The van der Waals surface area contributed by atoms with Gasteiger partial charge >= 0.3 is 5.97 Å². The molecular weight excluding hydrogens is 439 g/mol. The summed E-state index contributed by atoms with van der Waals surface area (Å²) in [5, 5.41) is 0. The molecule has 1 heterocycles. The summed E-state index contributed by atoms with van der Waals surface area (Å²) in [4.78, 5) is 37.7. The molecule has 2 aromatic rings. The van der Waals surface area contributed by atoms with Crippen LogP contribution in [0.2, 0.25) is 0 Å². The molecule has 32 heavy (non-hydrogen) atoms. The van der Waals surface area contributed by atoms with Crippen molar-refractivity contribution in [1.29, 1.82) is 0 Å². The maximum absolute atomic E-state index is 13.9. The molecule has 0 unspecified atom stereocenters. The summed E-state index contributed by atoms with van der Waals surface area (Å²) in [6, 6.07) is 10.1. The third-order valence-corrected chi connectivity index (χ3v) is 6.45. The van der Waals surface area contributed by atoms with E-state index >= 15 is 0 Å². The van der Waals surface area contributed by atoms with Crippen molar-refractivity contribution in [3.05, 3.63) is 65.5 Å². The molecule has 0 saturated heterocycles. The standard InChI is InChI=1S/C22H23FN2O6S/c1-14(2)19(24-32(29,30)18-11-6-5-10-17(18)23)22(28)31-13-7-12-25-20(26)15-8-3-4-9-16(15)21(25)27/h3-6,8-11,14,19,24H,7,12-13H2,1-2H3/t19-/m0/s1. The van der Waals surface area contributed by atoms with Crippen LogP contribution in [-0.2, 0) is 19.6 Å². The second kappa shape index (κ2) is 9.58. The second-order valence-corrected chi connectivity index (χ2v) is 9.28. The zero-order valence-corrected chi connectivity index (χ0v) is 18.4. The van der Waals surface area contributed by atoms with Gasteiger partial charge in [0.2, 0.25) is 10.0 Å². The quantitative estimate of drug-likeness (QED) is 0.348. The van der Waals surface area contributed by atoms with E-state index < -0.39 is 50.5 Å². The van der Waals surface area contributed by atoms with Crippen LogP contribution in [0.3, 0.4) is 0 Å². The number of nitrogens with zero attached hydrogens (tertiary/aromatic N) is 1. The number of esters is 1. The summed E-state index contributed by atoms with van der Waals surface area (Å²) in [5.74, 6) is -3.05. The molecule has 0 aliphatic carbocycles. The fourth-order valence-electron chi connectivity index (χ4n) is 3.28. The number of ether oxygens (including phenoxy) is 1. The van der Waals surface area contributed by atoms with Crippen molar-refractivity contribution in [3.63, 3.8) is 0 Å². The summed E-state index contributed by atoms with van der Waals surface area (Å²) in [5.41, 5.74) is 0.661. The molecule has 1 aliphatic rings. The Morgan fingerprint density at radius 3 is 2.16 bits per heavy atom. The molecule has 0 fully saturated rings. The molecule has 170 valence electrons. The van der Waals surface area contributed by atoms with Crippen molar-refractivity contribution >= 4 is 27.8 Å². The van der Waals surface area contributed by atoms with E-state index in [0.29, 0.717) is 11.1 Å². The monoisotopic (exact) mass is 462 g/mol. The summed E-state index contributed by atoms with van der Waals surface area (Å²) in [6.45, 7) is 3.16. The third-order valence-electron chi connectivity index (χ3n) is 4.98. The van der Waals surface area contributed by atoms with E-state index in [2.05, 4.69) is 4.72 Å². The molecule has 1 atom stereocenters. The Morgan fingerprint density at radius 2 is 1.59 bits per heavy atom. The van der Waals surface area contributed by atoms with Crippen molar-refractivity contribution < 1.29 is 31.9 Å². The van der Waals surface area contributed by atoms with Gasteiger partial charge in [0.25, 0.3) is 11.8 Å². The minimum absolute atomic E-state index is 0.0485. The Kier molecular flexibility index (Phi) is 7.05. The van der Waals surface area contributed by atoms with Crippen LogP contribution in [0, 0.1) is 11.7 Å². The zero-order valence-electron chi connectivity index (χ0n) is 17.6. The molecule has 0 aromatic heterocycles. The van der Waals surface area contributed by atoms with Crippen molar-refractivity contribution in [2.75, 3.05) is 13.2 Å². The first-order chi connectivity index (χ1) is 15.1. The lowest BCUT2D eigenvalue weighted by Gasteiger charge is -2.21. The number of hydrogen-bond donors (Lipinski definition) is 1. The zero-order chi connectivity index (χ0) is 23.5.